The summed E-state index contributed by atoms with van der Waals surface area (Å²) >= 11 is 0. The van der Waals surface area contributed by atoms with E-state index >= 15 is 18.3 Å². The van der Waals surface area contributed by atoms with Crippen LogP contribution in [0.1, 0.15) is 38.8 Å². The third-order valence-corrected chi connectivity index (χ3v) is 29.0. The minimum absolute atomic E-state index is 0.00793. The second-order valence-corrected chi connectivity index (χ2v) is 37.9. The first-order valence-electron chi connectivity index (χ1n) is 35.4. The van der Waals surface area contributed by atoms with Gasteiger partial charge in [0.2, 0.25) is 5.95 Å². The molecule has 11 rings (SSSR count). The molecule has 6 aromatic rings. The maximum Gasteiger partial charge on any atom is 0.409 e. The molecule has 11 heterocycles. The first-order valence-corrected chi connectivity index (χ1v) is 41.5. The van der Waals surface area contributed by atoms with E-state index in [1.807, 2.05) is 13.8 Å². The van der Waals surface area contributed by atoms with E-state index in [0.29, 0.717) is 13.1 Å². The molecular formula is C60H100N26O20P4. The Bertz CT molecular complexity index is 4530. The van der Waals surface area contributed by atoms with E-state index < -0.39 is 116 Å². The van der Waals surface area contributed by atoms with Crippen molar-refractivity contribution >= 4 is 82.5 Å². The van der Waals surface area contributed by atoms with Crippen LogP contribution in [0.2, 0.25) is 0 Å². The fraction of sp³-hybridized carbons (Fsp3) is 0.683. The average molecular weight is 1630 g/mol. The lowest BCUT2D eigenvalue weighted by Crippen LogP contribution is -2.52. The van der Waals surface area contributed by atoms with Crippen LogP contribution in [0.3, 0.4) is 0 Å². The standard InChI is InChI=1S/C60H100N26O20P4/c1-40(2)78-25-41(103-47(29-78)86-39-68-52-55(86)71-57(64)72-56(52)88)33-100-110(95,76(9)10)82-28-44(106-50(32-82)85-38-67-51-53(63)65-37-66-54(51)85)36-102-109(94,75(7)8)81-27-43(105-49(31-81)84-14-12-46(62)70-59(84)90)35-101-108(93,74(5)6)80-26-42(104-48(30-80)83-13-11-45(61)69-58(83)89)34-99-107(92,73(3)4)79-17-15-77(16-18-79)60(91)98-24-23-97-22-21-96-20-19-87/h11-14,37-44,47-50,87H,15-36H2,1-10H3,(H2,61,69,89)(H2,62,70,90)(H2,63,65,66)(H3,64,71,72,88). The summed E-state index contributed by atoms with van der Waals surface area (Å²) in [6.07, 6.45) is -1.92. The van der Waals surface area contributed by atoms with Crippen LogP contribution in [0, 0.1) is 0 Å². The number of hydrogen-bond donors (Lipinski definition) is 6. The number of rotatable bonds is 33. The number of aliphatic hydroxyl groups is 1. The van der Waals surface area contributed by atoms with Crippen molar-refractivity contribution < 1.29 is 79.4 Å². The van der Waals surface area contributed by atoms with Gasteiger partial charge in [-0.15, -0.1) is 0 Å². The van der Waals surface area contributed by atoms with Gasteiger partial charge < -0.3 is 84.2 Å². The maximum atomic E-state index is 16.2. The smallest absolute Gasteiger partial charge is 0.409 e. The summed E-state index contributed by atoms with van der Waals surface area (Å²) in [6, 6.07) is 2.78. The molecule has 5 aliphatic heterocycles. The molecule has 0 saturated carbocycles. The van der Waals surface area contributed by atoms with Gasteiger partial charge in [-0.25, -0.2) is 71.7 Å². The third kappa shape index (κ3) is 19.0. The number of amides is 1. The summed E-state index contributed by atoms with van der Waals surface area (Å²) in [5.41, 5.74) is 22.9. The van der Waals surface area contributed by atoms with E-state index in [9.17, 15) is 19.2 Å². The Balaban J connectivity index is 0.823. The van der Waals surface area contributed by atoms with E-state index in [2.05, 4.69) is 44.8 Å². The van der Waals surface area contributed by atoms with Gasteiger partial charge in [0.25, 0.3) is 5.56 Å². The highest BCUT2D eigenvalue weighted by Crippen LogP contribution is 2.59. The zero-order chi connectivity index (χ0) is 79.1. The molecule has 12 atom stereocenters. The van der Waals surface area contributed by atoms with Gasteiger partial charge in [0.05, 0.1) is 116 Å². The van der Waals surface area contributed by atoms with Crippen LogP contribution >= 0.6 is 30.7 Å². The Morgan fingerprint density at radius 1 is 0.527 bits per heavy atom. The molecule has 1 amide bonds. The van der Waals surface area contributed by atoms with Gasteiger partial charge in [-0.3, -0.25) is 51.2 Å². The quantitative estimate of drug-likeness (QED) is 0.0224. The zero-order valence-corrected chi connectivity index (χ0v) is 66.6. The number of nitrogens with zero attached hydrogens (tertiary/aromatic N) is 21. The van der Waals surface area contributed by atoms with Crippen molar-refractivity contribution in [2.45, 2.75) is 69.2 Å². The average Bonchev–Trinajstić information content (AvgIpc) is 1.30. The van der Waals surface area contributed by atoms with Crippen LogP contribution in [0.4, 0.5) is 28.2 Å². The van der Waals surface area contributed by atoms with E-state index in [4.69, 9.17) is 79.3 Å². The van der Waals surface area contributed by atoms with Crippen LogP contribution in [0.15, 0.2) is 57.9 Å². The van der Waals surface area contributed by atoms with Crippen molar-refractivity contribution in [3.63, 3.8) is 0 Å². The van der Waals surface area contributed by atoms with E-state index in [1.165, 1.54) is 105 Å². The number of nitrogen functional groups attached to an aromatic ring is 4. The molecule has 0 aromatic carbocycles. The number of fused-ring (bicyclic) bond motifs is 2. The zero-order valence-electron chi connectivity index (χ0n) is 63.0. The van der Waals surface area contributed by atoms with Crippen LogP contribution in [-0.2, 0) is 69.5 Å². The van der Waals surface area contributed by atoms with Crippen molar-refractivity contribution in [3.05, 3.63) is 74.8 Å². The Labute approximate surface area is 632 Å². The van der Waals surface area contributed by atoms with Crippen molar-refractivity contribution in [2.24, 2.45) is 0 Å². The monoisotopic (exact) mass is 1630 g/mol. The molecule has 10 N–H and O–H groups in total. The van der Waals surface area contributed by atoms with E-state index in [0.717, 1.165) is 9.13 Å². The number of nitrogens with one attached hydrogen (secondary N) is 1. The Kier molecular flexibility index (Phi) is 27.7. The van der Waals surface area contributed by atoms with Crippen molar-refractivity contribution in [1.29, 1.82) is 0 Å². The number of imidazole rings is 2. The molecule has 0 aliphatic carbocycles. The third-order valence-electron chi connectivity index (χ3n) is 18.8. The van der Waals surface area contributed by atoms with Gasteiger partial charge in [-0.1, -0.05) is 0 Å². The molecule has 5 fully saturated rings. The molecule has 5 saturated heterocycles. The molecular weight excluding hydrogens is 1530 g/mol. The van der Waals surface area contributed by atoms with Crippen LogP contribution in [-0.4, -0.2) is 348 Å². The number of morpholine rings is 4. The number of ether oxygens (including phenoxy) is 7. The number of aromatic nitrogens is 12. The predicted molar refractivity (Wildman–Crippen MR) is 397 cm³/mol. The summed E-state index contributed by atoms with van der Waals surface area (Å²) in [5, 5.41) is 8.89. The number of carbonyl (C=O) groups excluding carboxylic acids is 1. The molecule has 6 aromatic heterocycles. The minimum atomic E-state index is -4.36. The van der Waals surface area contributed by atoms with Gasteiger partial charge in [-0.05, 0) is 82.4 Å². The summed E-state index contributed by atoms with van der Waals surface area (Å²) in [4.78, 5) is 89.0. The summed E-state index contributed by atoms with van der Waals surface area (Å²) < 4.78 is 150. The van der Waals surface area contributed by atoms with Gasteiger partial charge in [0.1, 0.15) is 42.5 Å². The number of aromatic amines is 1. The second kappa shape index (κ2) is 36.2. The van der Waals surface area contributed by atoms with Gasteiger partial charge in [0.15, 0.2) is 35.1 Å². The SMILES string of the molecule is CC(C)N1CC(COP(=O)(N(C)C)N2CC(COP(=O)(N(C)C)N3CC(COP(=O)(N(C)C)N4CC(COP(=O)(N(C)C)N5CCN(C(=O)OCCOCCOCCO)CC5)OC(n5ccc(N)nc5=O)C4)OC(n4ccc(N)nc4=O)C3)OC(n3cnc4c(N)ncnc43)C2)OC(n2cnc3c(=O)[nH]c(N)nc32)C1. The lowest BCUT2D eigenvalue weighted by Gasteiger charge is -2.46. The molecule has 0 bridgehead atoms. The van der Waals surface area contributed by atoms with Crippen molar-refractivity contribution in [1.82, 2.24) is 105 Å². The Morgan fingerprint density at radius 2 is 0.945 bits per heavy atom. The van der Waals surface area contributed by atoms with Crippen LogP contribution in [0.5, 0.6) is 0 Å². The summed E-state index contributed by atoms with van der Waals surface area (Å²) in [6.45, 7) is 3.29. The molecule has 46 nitrogen and oxygen atoms in total. The number of aliphatic hydroxyl groups excluding tert-OH is 1. The fourth-order valence-electron chi connectivity index (χ4n) is 13.1. The molecule has 610 valence electrons. The second-order valence-electron chi connectivity index (χ2n) is 27.5. The highest BCUT2D eigenvalue weighted by atomic mass is 31.2. The summed E-state index contributed by atoms with van der Waals surface area (Å²) in [5.74, 6) is -0.165. The summed E-state index contributed by atoms with van der Waals surface area (Å²) in [7, 11) is -4.25. The van der Waals surface area contributed by atoms with Crippen LogP contribution in [0.25, 0.3) is 22.3 Å². The Morgan fingerprint density at radius 3 is 1.40 bits per heavy atom. The number of H-pyrrole nitrogens is 1. The van der Waals surface area contributed by atoms with E-state index in [1.54, 1.807) is 46.7 Å². The number of piperazine rings is 1. The van der Waals surface area contributed by atoms with Gasteiger partial charge in [-0.2, -0.15) is 15.0 Å². The maximum absolute atomic E-state index is 16.2. The minimum Gasteiger partial charge on any atom is -0.447 e. The normalized spacial score (nSPS) is 24.9. The number of nitrogens with two attached hydrogens (primary N) is 4. The Hall–Kier alpha value is -6.75. The molecule has 5 aliphatic rings. The predicted octanol–water partition coefficient (Wildman–Crippen LogP) is -0.467. The molecule has 110 heavy (non-hydrogen) atoms. The van der Waals surface area contributed by atoms with Gasteiger partial charge >= 0.3 is 48.2 Å². The highest BCUT2D eigenvalue weighted by Gasteiger charge is 2.50. The van der Waals surface area contributed by atoms with Crippen molar-refractivity contribution in [3.8, 4) is 0 Å². The molecule has 12 unspecified atom stereocenters. The molecule has 0 radical (unpaired) electrons. The lowest BCUT2D eigenvalue weighted by atomic mass is 10.2. The topological polar surface area (TPSA) is 521 Å². The number of carbonyl (C=O) groups is 1. The largest absolute Gasteiger partial charge is 0.447 e. The molecule has 0 spiro atoms. The molecule has 50 heteroatoms. The number of hydrogen-bond acceptors (Lipinski definition) is 32. The lowest BCUT2D eigenvalue weighted by molar-refractivity contribution is -0.140. The highest BCUT2D eigenvalue weighted by molar-refractivity contribution is 7.54. The van der Waals surface area contributed by atoms with E-state index in [-0.39, 0.29) is 170 Å². The van der Waals surface area contributed by atoms with Crippen LogP contribution < -0.4 is 39.9 Å². The van der Waals surface area contributed by atoms with Crippen molar-refractivity contribution in [2.75, 3.05) is 224 Å². The first kappa shape index (κ1) is 84.2. The number of anilines is 4. The van der Waals surface area contributed by atoms with Gasteiger partial charge in [0, 0.05) is 77.3 Å². The fourth-order valence-corrected chi connectivity index (χ4v) is 21.0. The first-order chi connectivity index (χ1) is 52.3.